The Morgan fingerprint density at radius 1 is 1.12 bits per heavy atom. The van der Waals surface area contributed by atoms with E-state index in [9.17, 15) is 9.59 Å². The fraction of sp³-hybridized carbons (Fsp3) is 0.200. The van der Waals surface area contributed by atoms with E-state index >= 15 is 0 Å². The summed E-state index contributed by atoms with van der Waals surface area (Å²) in [5.41, 5.74) is 1.73. The molecule has 8 heteroatoms. The van der Waals surface area contributed by atoms with E-state index in [1.807, 2.05) is 42.5 Å². The van der Waals surface area contributed by atoms with Gasteiger partial charge in [0.15, 0.2) is 0 Å². The molecule has 0 aromatic heterocycles. The topological polar surface area (TPSA) is 67.9 Å². The van der Waals surface area contributed by atoms with Crippen molar-refractivity contribution in [3.63, 3.8) is 0 Å². The van der Waals surface area contributed by atoms with E-state index in [2.05, 4.69) is 21.2 Å². The first-order valence-electron chi connectivity index (χ1n) is 10.4. The van der Waals surface area contributed by atoms with Crippen LogP contribution in [0.25, 0.3) is 0 Å². The van der Waals surface area contributed by atoms with Gasteiger partial charge in [0.05, 0.1) is 13.2 Å². The van der Waals surface area contributed by atoms with E-state index in [1.165, 1.54) is 4.90 Å². The number of fused-ring (bicyclic) bond motifs is 1. The number of halogens is 2. The quantitative estimate of drug-likeness (QED) is 0.444. The average molecular weight is 528 g/mol. The van der Waals surface area contributed by atoms with Gasteiger partial charge in [0.1, 0.15) is 11.3 Å². The van der Waals surface area contributed by atoms with Gasteiger partial charge < -0.3 is 14.8 Å². The number of nitrogens with one attached hydrogen (secondary N) is 1. The molecule has 0 saturated carbocycles. The third kappa shape index (κ3) is 3.90. The van der Waals surface area contributed by atoms with Gasteiger partial charge in [0.25, 0.3) is 5.91 Å². The summed E-state index contributed by atoms with van der Waals surface area (Å²) >= 11 is 9.86. The second kappa shape index (κ2) is 8.48. The molecule has 3 amide bonds. The van der Waals surface area contributed by atoms with Crippen LogP contribution in [-0.2, 0) is 28.2 Å². The average Bonchev–Trinajstić information content (AvgIpc) is 3.03. The highest BCUT2D eigenvalue weighted by Gasteiger charge is 2.50. The van der Waals surface area contributed by atoms with Crippen molar-refractivity contribution in [2.75, 3.05) is 0 Å². The van der Waals surface area contributed by atoms with Gasteiger partial charge in [0.2, 0.25) is 6.29 Å². The normalized spacial score (nSPS) is 22.0. The van der Waals surface area contributed by atoms with E-state index < -0.39 is 17.9 Å². The molecule has 3 aromatic rings. The van der Waals surface area contributed by atoms with Gasteiger partial charge in [-0.15, -0.1) is 0 Å². The van der Waals surface area contributed by atoms with Crippen molar-refractivity contribution >= 4 is 39.5 Å². The van der Waals surface area contributed by atoms with Crippen molar-refractivity contribution in [3.8, 4) is 5.75 Å². The Labute approximate surface area is 204 Å². The molecule has 168 valence electrons. The second-order valence-corrected chi connectivity index (χ2v) is 9.47. The van der Waals surface area contributed by atoms with Crippen LogP contribution in [0.15, 0.2) is 71.2 Å². The zero-order chi connectivity index (χ0) is 23.2. The maximum Gasteiger partial charge on any atom is 0.325 e. The van der Waals surface area contributed by atoms with Crippen LogP contribution in [0, 0.1) is 0 Å². The Kier molecular flexibility index (Phi) is 5.64. The van der Waals surface area contributed by atoms with Crippen LogP contribution in [0.1, 0.15) is 35.5 Å². The Morgan fingerprint density at radius 3 is 2.61 bits per heavy atom. The Hall–Kier alpha value is -2.87. The largest absolute Gasteiger partial charge is 0.460 e. The highest BCUT2D eigenvalue weighted by atomic mass is 79.9. The van der Waals surface area contributed by atoms with Gasteiger partial charge in [-0.2, -0.15) is 0 Å². The molecule has 0 spiro atoms. The molecule has 2 unspecified atom stereocenters. The Morgan fingerprint density at radius 2 is 1.85 bits per heavy atom. The summed E-state index contributed by atoms with van der Waals surface area (Å²) in [5.74, 6) is 0.242. The fourth-order valence-electron chi connectivity index (χ4n) is 4.23. The van der Waals surface area contributed by atoms with Crippen LogP contribution in [0.5, 0.6) is 5.75 Å². The van der Waals surface area contributed by atoms with Gasteiger partial charge in [-0.25, -0.2) is 4.79 Å². The lowest BCUT2D eigenvalue weighted by molar-refractivity contribution is -0.131. The second-order valence-electron chi connectivity index (χ2n) is 8.15. The lowest BCUT2D eigenvalue weighted by Crippen LogP contribution is -2.41. The van der Waals surface area contributed by atoms with Gasteiger partial charge in [-0.1, -0.05) is 76.1 Å². The number of urea groups is 1. The molecule has 33 heavy (non-hydrogen) atoms. The molecule has 2 aliphatic rings. The molecule has 5 rings (SSSR count). The Balaban J connectivity index is 1.47. The number of hydrogen-bond acceptors (Lipinski definition) is 4. The van der Waals surface area contributed by atoms with Crippen LogP contribution in [-0.4, -0.2) is 16.8 Å². The van der Waals surface area contributed by atoms with Crippen molar-refractivity contribution in [2.45, 2.75) is 31.9 Å². The number of ether oxygens (including phenoxy) is 2. The van der Waals surface area contributed by atoms with E-state index in [-0.39, 0.29) is 12.5 Å². The maximum absolute atomic E-state index is 13.4. The monoisotopic (exact) mass is 526 g/mol. The van der Waals surface area contributed by atoms with Crippen molar-refractivity contribution in [3.05, 3.63) is 98.5 Å². The molecule has 2 heterocycles. The van der Waals surface area contributed by atoms with E-state index in [4.69, 9.17) is 21.1 Å². The minimum atomic E-state index is -1.25. The summed E-state index contributed by atoms with van der Waals surface area (Å²) in [5, 5.41) is 3.23. The summed E-state index contributed by atoms with van der Waals surface area (Å²) in [7, 11) is 0. The molecule has 0 radical (unpaired) electrons. The third-order valence-electron chi connectivity index (χ3n) is 5.91. The zero-order valence-electron chi connectivity index (χ0n) is 17.7. The van der Waals surface area contributed by atoms with E-state index in [1.54, 1.807) is 31.2 Å². The maximum atomic E-state index is 13.4. The predicted molar refractivity (Wildman–Crippen MR) is 127 cm³/mol. The van der Waals surface area contributed by atoms with Crippen molar-refractivity contribution in [2.24, 2.45) is 0 Å². The number of amides is 3. The number of carbonyl (C=O) groups excluding carboxylic acids is 2. The lowest BCUT2D eigenvalue weighted by Gasteiger charge is -2.29. The van der Waals surface area contributed by atoms with Gasteiger partial charge in [-0.05, 0) is 25.1 Å². The molecule has 0 bridgehead atoms. The standard InChI is InChI=1S/C25H20BrClN2O4/c1-25(19-9-5-6-10-20(19)27)23(30)29(24(31)28-25)13-16-11-18(26)12-17-14-32-22(33-21(16)17)15-7-3-2-4-8-15/h2-12,22H,13-14H2,1H3,(H,28,31). The van der Waals surface area contributed by atoms with Crippen LogP contribution < -0.4 is 10.1 Å². The predicted octanol–water partition coefficient (Wildman–Crippen LogP) is 5.68. The first-order chi connectivity index (χ1) is 15.9. The van der Waals surface area contributed by atoms with Crippen molar-refractivity contribution < 1.29 is 19.1 Å². The first kappa shape index (κ1) is 21.9. The molecule has 2 atom stereocenters. The smallest absolute Gasteiger partial charge is 0.325 e. The number of rotatable bonds is 4. The minimum Gasteiger partial charge on any atom is -0.460 e. The molecule has 1 N–H and O–H groups in total. The summed E-state index contributed by atoms with van der Waals surface area (Å²) in [6.45, 7) is 2.06. The third-order valence-corrected chi connectivity index (χ3v) is 6.70. The molecule has 0 aliphatic carbocycles. The molecule has 2 aliphatic heterocycles. The van der Waals surface area contributed by atoms with Gasteiger partial charge in [0, 0.05) is 31.7 Å². The number of nitrogens with zero attached hydrogens (tertiary/aromatic N) is 1. The highest BCUT2D eigenvalue weighted by molar-refractivity contribution is 9.10. The summed E-state index contributed by atoms with van der Waals surface area (Å²) in [6.07, 6.45) is -0.574. The molecular weight excluding hydrogens is 508 g/mol. The van der Waals surface area contributed by atoms with E-state index in [0.717, 1.165) is 15.6 Å². The summed E-state index contributed by atoms with van der Waals surface area (Å²) in [4.78, 5) is 27.5. The minimum absolute atomic E-state index is 0.0496. The summed E-state index contributed by atoms with van der Waals surface area (Å²) < 4.78 is 12.9. The van der Waals surface area contributed by atoms with Gasteiger partial charge in [-0.3, -0.25) is 9.69 Å². The van der Waals surface area contributed by atoms with Crippen LogP contribution in [0.3, 0.4) is 0 Å². The molecular formula is C25H20BrClN2O4. The summed E-state index contributed by atoms with van der Waals surface area (Å²) in [6, 6.07) is 19.9. The number of hydrogen-bond donors (Lipinski definition) is 1. The Bertz CT molecular complexity index is 1250. The zero-order valence-corrected chi connectivity index (χ0v) is 20.0. The molecule has 1 fully saturated rings. The molecule has 1 saturated heterocycles. The van der Waals surface area contributed by atoms with Crippen LogP contribution in [0.2, 0.25) is 5.02 Å². The highest BCUT2D eigenvalue weighted by Crippen LogP contribution is 2.40. The SMILES string of the molecule is CC1(c2ccccc2Cl)NC(=O)N(Cc2cc(Br)cc3c2OC(c2ccccc2)OC3)C1=O. The molecule has 6 nitrogen and oxygen atoms in total. The first-order valence-corrected chi connectivity index (χ1v) is 11.6. The number of benzene rings is 3. The molecule has 3 aromatic carbocycles. The van der Waals surface area contributed by atoms with E-state index in [0.29, 0.717) is 28.5 Å². The number of carbonyl (C=O) groups is 2. The van der Waals surface area contributed by atoms with Crippen molar-refractivity contribution in [1.29, 1.82) is 0 Å². The fourth-order valence-corrected chi connectivity index (χ4v) is 5.11. The number of imide groups is 1. The van der Waals surface area contributed by atoms with Crippen LogP contribution in [0.4, 0.5) is 4.79 Å². The van der Waals surface area contributed by atoms with Gasteiger partial charge >= 0.3 is 6.03 Å². The van der Waals surface area contributed by atoms with Crippen molar-refractivity contribution in [1.82, 2.24) is 10.2 Å². The van der Waals surface area contributed by atoms with Crippen LogP contribution >= 0.6 is 27.5 Å². The lowest BCUT2D eigenvalue weighted by atomic mass is 9.92.